The van der Waals surface area contributed by atoms with E-state index >= 15 is 0 Å². The zero-order valence-electron chi connectivity index (χ0n) is 18.7. The van der Waals surface area contributed by atoms with Crippen LogP contribution in [0.1, 0.15) is 62.0 Å². The Bertz CT molecular complexity index is 938. The van der Waals surface area contributed by atoms with Crippen molar-refractivity contribution in [3.8, 4) is 0 Å². The van der Waals surface area contributed by atoms with E-state index in [0.717, 1.165) is 24.8 Å². The maximum absolute atomic E-state index is 13.9. The third-order valence-corrected chi connectivity index (χ3v) is 6.17. The van der Waals surface area contributed by atoms with Gasteiger partial charge in [0.15, 0.2) is 0 Å². The van der Waals surface area contributed by atoms with Crippen LogP contribution in [-0.2, 0) is 4.74 Å². The van der Waals surface area contributed by atoms with E-state index in [-0.39, 0.29) is 23.6 Å². The number of hydrogen-bond acceptors (Lipinski definition) is 3. The predicted molar refractivity (Wildman–Crippen MR) is 126 cm³/mol. The maximum Gasteiger partial charge on any atom is 0.410 e. The molecule has 1 unspecified atom stereocenters. The normalized spacial score (nSPS) is 15.8. The molecule has 2 aromatic carbocycles. The molecular formula is C25H30BrFN2O3. The highest BCUT2D eigenvalue weighted by Gasteiger charge is 2.29. The van der Waals surface area contributed by atoms with E-state index in [2.05, 4.69) is 21.2 Å². The Kier molecular flexibility index (Phi) is 7.93. The molecule has 1 heterocycles. The second-order valence-electron chi connectivity index (χ2n) is 9.21. The topological polar surface area (TPSA) is 58.6 Å². The number of amides is 2. The average molecular weight is 505 g/mol. The summed E-state index contributed by atoms with van der Waals surface area (Å²) in [6, 6.07) is 14.0. The van der Waals surface area contributed by atoms with Crippen molar-refractivity contribution in [1.82, 2.24) is 10.2 Å². The van der Waals surface area contributed by atoms with Crippen molar-refractivity contribution in [2.75, 3.05) is 13.1 Å². The quantitative estimate of drug-likeness (QED) is 0.535. The van der Waals surface area contributed by atoms with Gasteiger partial charge in [-0.05, 0) is 85.6 Å². The lowest BCUT2D eigenvalue weighted by Crippen LogP contribution is -2.42. The Morgan fingerprint density at radius 3 is 2.41 bits per heavy atom. The van der Waals surface area contributed by atoms with Crippen LogP contribution in [-0.4, -0.2) is 35.6 Å². The highest BCUT2D eigenvalue weighted by atomic mass is 79.9. The third kappa shape index (κ3) is 6.79. The highest BCUT2D eigenvalue weighted by molar-refractivity contribution is 9.10. The second kappa shape index (κ2) is 10.5. The number of carbonyl (C=O) groups is 2. The molecule has 7 heteroatoms. The minimum atomic E-state index is -0.511. The molecule has 1 N–H and O–H groups in total. The first kappa shape index (κ1) is 24.2. The van der Waals surface area contributed by atoms with Gasteiger partial charge in [-0.2, -0.15) is 0 Å². The van der Waals surface area contributed by atoms with Crippen molar-refractivity contribution in [3.63, 3.8) is 0 Å². The Morgan fingerprint density at radius 1 is 1.16 bits per heavy atom. The zero-order chi connectivity index (χ0) is 23.3. The number of rotatable bonds is 5. The summed E-state index contributed by atoms with van der Waals surface area (Å²) in [7, 11) is 0. The lowest BCUT2D eigenvalue weighted by Gasteiger charge is -2.35. The predicted octanol–water partition coefficient (Wildman–Crippen LogP) is 6.10. The number of nitrogens with zero attached hydrogens (tertiary/aromatic N) is 1. The van der Waals surface area contributed by atoms with Crippen LogP contribution in [0.2, 0.25) is 0 Å². The summed E-state index contributed by atoms with van der Waals surface area (Å²) in [5.41, 5.74) is 0.780. The largest absolute Gasteiger partial charge is 0.444 e. The molecule has 1 atom stereocenters. The van der Waals surface area contributed by atoms with Crippen LogP contribution in [0.3, 0.4) is 0 Å². The van der Waals surface area contributed by atoms with Crippen LogP contribution in [0.4, 0.5) is 9.18 Å². The van der Waals surface area contributed by atoms with Crippen molar-refractivity contribution in [2.45, 2.75) is 51.7 Å². The molecule has 172 valence electrons. The number of halogens is 2. The molecular weight excluding hydrogens is 475 g/mol. The minimum absolute atomic E-state index is 0.200. The molecule has 1 saturated heterocycles. The van der Waals surface area contributed by atoms with Crippen molar-refractivity contribution >= 4 is 27.9 Å². The molecule has 32 heavy (non-hydrogen) atoms. The number of ether oxygens (including phenoxy) is 1. The molecule has 3 rings (SSSR count). The molecule has 5 nitrogen and oxygen atoms in total. The SMILES string of the molecule is CC(C)(C)OC(=O)N1CCC(CC(NC(=O)c2ccc(Br)c(F)c2)c2ccccc2)CC1. The van der Waals surface area contributed by atoms with E-state index in [9.17, 15) is 14.0 Å². The fraction of sp³-hybridized carbons (Fsp3) is 0.440. The first-order valence-corrected chi connectivity index (χ1v) is 11.7. The van der Waals surface area contributed by atoms with Crippen LogP contribution >= 0.6 is 15.9 Å². The first-order valence-electron chi connectivity index (χ1n) is 10.9. The van der Waals surface area contributed by atoms with Gasteiger partial charge >= 0.3 is 6.09 Å². The van der Waals surface area contributed by atoms with Crippen molar-refractivity contribution in [2.24, 2.45) is 5.92 Å². The number of hydrogen-bond donors (Lipinski definition) is 1. The molecule has 0 aliphatic carbocycles. The van der Waals surface area contributed by atoms with Gasteiger partial charge in [0, 0.05) is 18.7 Å². The van der Waals surface area contributed by atoms with Crippen molar-refractivity contribution in [1.29, 1.82) is 0 Å². The first-order chi connectivity index (χ1) is 15.1. The highest BCUT2D eigenvalue weighted by Crippen LogP contribution is 2.29. The Hall–Kier alpha value is -2.41. The van der Waals surface area contributed by atoms with Crippen LogP contribution in [0.25, 0.3) is 0 Å². The number of nitrogens with one attached hydrogen (secondary N) is 1. The lowest BCUT2D eigenvalue weighted by molar-refractivity contribution is 0.0178. The van der Waals surface area contributed by atoms with Gasteiger partial charge in [0.25, 0.3) is 5.91 Å². The van der Waals surface area contributed by atoms with Crippen molar-refractivity contribution < 1.29 is 18.7 Å². The monoisotopic (exact) mass is 504 g/mol. The molecule has 1 aliphatic heterocycles. The fourth-order valence-corrected chi connectivity index (χ4v) is 4.10. The molecule has 0 radical (unpaired) electrons. The lowest BCUT2D eigenvalue weighted by atomic mass is 9.87. The second-order valence-corrected chi connectivity index (χ2v) is 10.1. The average Bonchev–Trinajstić information content (AvgIpc) is 2.75. The number of piperidine rings is 1. The molecule has 2 amide bonds. The van der Waals surface area contributed by atoms with E-state index in [1.807, 2.05) is 51.1 Å². The summed E-state index contributed by atoms with van der Waals surface area (Å²) in [4.78, 5) is 26.9. The molecule has 0 bridgehead atoms. The molecule has 2 aromatic rings. The maximum atomic E-state index is 13.9. The minimum Gasteiger partial charge on any atom is -0.444 e. The number of benzene rings is 2. The summed E-state index contributed by atoms with van der Waals surface area (Å²) < 4.78 is 19.7. The Balaban J connectivity index is 1.65. The van der Waals surface area contributed by atoms with Crippen LogP contribution in [0.15, 0.2) is 53.0 Å². The Labute approximate surface area is 197 Å². The van der Waals surface area contributed by atoms with Gasteiger partial charge in [0.05, 0.1) is 10.5 Å². The fourth-order valence-electron chi connectivity index (χ4n) is 3.85. The number of likely N-dealkylation sites (tertiary alicyclic amines) is 1. The molecule has 1 fully saturated rings. The van der Waals surface area contributed by atoms with E-state index < -0.39 is 11.4 Å². The van der Waals surface area contributed by atoms with Gasteiger partial charge in [-0.1, -0.05) is 30.3 Å². The summed E-state index contributed by atoms with van der Waals surface area (Å²) in [6.45, 7) is 6.85. The molecule has 0 aromatic heterocycles. The van der Waals surface area contributed by atoms with Crippen LogP contribution in [0.5, 0.6) is 0 Å². The van der Waals surface area contributed by atoms with E-state index in [4.69, 9.17) is 4.74 Å². The van der Waals surface area contributed by atoms with Gasteiger partial charge in [0.1, 0.15) is 11.4 Å². The summed E-state index contributed by atoms with van der Waals surface area (Å²) in [6.07, 6.45) is 2.15. The van der Waals surface area contributed by atoms with E-state index in [1.165, 1.54) is 12.1 Å². The van der Waals surface area contributed by atoms with Crippen LogP contribution < -0.4 is 5.32 Å². The molecule has 0 spiro atoms. The van der Waals surface area contributed by atoms with Crippen molar-refractivity contribution in [3.05, 3.63) is 69.9 Å². The van der Waals surface area contributed by atoms with Gasteiger partial charge in [-0.15, -0.1) is 0 Å². The molecule has 1 aliphatic rings. The number of carbonyl (C=O) groups excluding carboxylic acids is 2. The smallest absolute Gasteiger partial charge is 0.410 e. The van der Waals surface area contributed by atoms with Crippen LogP contribution in [0, 0.1) is 11.7 Å². The van der Waals surface area contributed by atoms with Gasteiger partial charge < -0.3 is 15.0 Å². The summed E-state index contributed by atoms with van der Waals surface area (Å²) >= 11 is 3.12. The van der Waals surface area contributed by atoms with Gasteiger partial charge in [-0.3, -0.25) is 4.79 Å². The summed E-state index contributed by atoms with van der Waals surface area (Å²) in [5.74, 6) is -0.430. The van der Waals surface area contributed by atoms with Gasteiger partial charge in [-0.25, -0.2) is 9.18 Å². The van der Waals surface area contributed by atoms with E-state index in [0.29, 0.717) is 23.5 Å². The molecule has 0 saturated carbocycles. The van der Waals surface area contributed by atoms with E-state index in [1.54, 1.807) is 11.0 Å². The summed E-state index contributed by atoms with van der Waals surface area (Å²) in [5, 5.41) is 3.08. The third-order valence-electron chi connectivity index (χ3n) is 5.52. The Morgan fingerprint density at radius 2 is 1.81 bits per heavy atom. The zero-order valence-corrected chi connectivity index (χ0v) is 20.3. The standard InChI is InChI=1S/C25H30BrFN2O3/c1-25(2,3)32-24(31)29-13-11-17(12-14-29)15-22(18-7-5-4-6-8-18)28-23(30)19-9-10-20(26)21(27)16-19/h4-10,16-17,22H,11-15H2,1-3H3,(H,28,30). The van der Waals surface area contributed by atoms with Gasteiger partial charge in [0.2, 0.25) is 0 Å².